The van der Waals surface area contributed by atoms with Gasteiger partial charge in [-0.05, 0) is 0 Å². The maximum atomic E-state index is 7.25. The summed E-state index contributed by atoms with van der Waals surface area (Å²) in [6, 6.07) is 0. The number of hydrogen-bond donors (Lipinski definition) is 0. The summed E-state index contributed by atoms with van der Waals surface area (Å²) >= 11 is 0. The van der Waals surface area contributed by atoms with Crippen molar-refractivity contribution in [3.8, 4) is 0 Å². The van der Waals surface area contributed by atoms with Crippen LogP contribution in [0.2, 0.25) is 0 Å². The van der Waals surface area contributed by atoms with Crippen LogP contribution in [0.3, 0.4) is 0 Å². The topological polar surface area (TPSA) is 158 Å². The van der Waals surface area contributed by atoms with Crippen molar-refractivity contribution in [3.05, 3.63) is 43.4 Å². The Morgan fingerprint density at radius 2 is 0.571 bits per heavy atom. The molecule has 0 N–H and O–H groups in total. The molecule has 76 valence electrons. The molecule has 9 heteroatoms. The van der Waals surface area contributed by atoms with Crippen molar-refractivity contribution >= 4 is 0 Å². The Morgan fingerprint density at radius 3 is 0.571 bits per heavy atom. The molecule has 0 heterocycles. The zero-order chi connectivity index (χ0) is 12.0. The zero-order valence-corrected chi connectivity index (χ0v) is 8.29. The third-order valence-electron chi connectivity index (χ3n) is 0. The molecule has 0 rings (SSSR count). The van der Waals surface area contributed by atoms with Gasteiger partial charge in [0, 0.05) is 0 Å². The van der Waals surface area contributed by atoms with Gasteiger partial charge >= 0.3 is 34.1 Å². The molecule has 0 spiro atoms. The molecule has 0 aromatic rings. The number of hydrogen-bond acceptors (Lipinski definition) is 6. The Balaban J connectivity index is -0.00000000500. The summed E-state index contributed by atoms with van der Waals surface area (Å²) in [5.74, 6) is 0. The number of nitroso groups, excluding NO2 is 1. The summed E-state index contributed by atoms with van der Waals surface area (Å²) in [5, 5.41) is 31.2. The van der Waals surface area contributed by atoms with Crippen molar-refractivity contribution in [2.75, 3.05) is 0 Å². The second-order valence-electron chi connectivity index (χ2n) is 0. The number of rotatable bonds is 0. The van der Waals surface area contributed by atoms with Gasteiger partial charge in [-0.15, -0.1) is 0 Å². The maximum Gasteiger partial charge on any atom is 3.00 e. The molecule has 0 aliphatic heterocycles. The Kier molecular flexibility index (Phi) is 1960. The Labute approximate surface area is 104 Å². The van der Waals surface area contributed by atoms with Crippen LogP contribution < -0.4 is 0 Å². The molecule has 2 radical (unpaired) electrons. The molecule has 0 aromatic carbocycles. The van der Waals surface area contributed by atoms with E-state index in [-0.39, 0.29) is 34.1 Å². The SMILES string of the molecule is [C-]#N.[C-]#N.[C-]#N.[C-]#N.[C-]#N.[Cu+2].[Fe+3].[N-]=O. The minimum atomic E-state index is 0. The van der Waals surface area contributed by atoms with Crippen molar-refractivity contribution in [2.24, 2.45) is 0 Å². The average molecular weight is 279 g/mol. The van der Waals surface area contributed by atoms with Gasteiger partial charge in [-0.25, -0.2) is 0 Å². The van der Waals surface area contributed by atoms with Crippen molar-refractivity contribution in [1.29, 1.82) is 26.3 Å². The first-order valence-corrected chi connectivity index (χ1v) is 1.30. The van der Waals surface area contributed by atoms with E-state index < -0.39 is 0 Å². The molecule has 0 fully saturated rings. The monoisotopic (exact) mass is 279 g/mol. The van der Waals surface area contributed by atoms with Crippen molar-refractivity contribution in [1.82, 2.24) is 0 Å². The third-order valence-corrected chi connectivity index (χ3v) is 0. The van der Waals surface area contributed by atoms with Gasteiger partial charge in [-0.1, -0.05) is 0 Å². The van der Waals surface area contributed by atoms with E-state index in [0.717, 1.165) is 0 Å². The van der Waals surface area contributed by atoms with Gasteiger partial charge in [0.15, 0.2) is 0 Å². The fourth-order valence-corrected chi connectivity index (χ4v) is 0. The molecule has 0 unspecified atom stereocenters. The van der Waals surface area contributed by atoms with Crippen molar-refractivity contribution < 1.29 is 34.1 Å². The summed E-state index contributed by atoms with van der Waals surface area (Å²) in [6.45, 7) is 23.8. The van der Waals surface area contributed by atoms with E-state index in [1.807, 2.05) is 0 Å². The standard InChI is InChI=1S/5CN.Cu.Fe.NO/c5*1-2;;;1-2/q5*-1;+2;+3;-1. The van der Waals surface area contributed by atoms with E-state index in [9.17, 15) is 0 Å². The van der Waals surface area contributed by atoms with Crippen LogP contribution in [0, 0.1) is 64.1 Å². The first-order chi connectivity index (χ1) is 6.00. The first kappa shape index (κ1) is 88.9. The van der Waals surface area contributed by atoms with Crippen LogP contribution in [0.5, 0.6) is 0 Å². The van der Waals surface area contributed by atoms with Gasteiger partial charge in [0.1, 0.15) is 0 Å². The minimum Gasteiger partial charge on any atom is -0.577 e. The van der Waals surface area contributed by atoms with Crippen molar-refractivity contribution in [3.63, 3.8) is 0 Å². The first-order valence-electron chi connectivity index (χ1n) is 1.30. The summed E-state index contributed by atoms with van der Waals surface area (Å²) < 4.78 is 0. The molecule has 0 aliphatic rings. The summed E-state index contributed by atoms with van der Waals surface area (Å²) in [5.41, 5.74) is 5.75. The van der Waals surface area contributed by atoms with E-state index in [1.54, 1.807) is 0 Å². The van der Waals surface area contributed by atoms with Crippen LogP contribution >= 0.6 is 0 Å². The average Bonchev–Trinajstić information content (AvgIpc) is 2.33. The summed E-state index contributed by atoms with van der Waals surface area (Å²) in [6.07, 6.45) is 0. The van der Waals surface area contributed by atoms with Gasteiger partial charge in [0.25, 0.3) is 0 Å². The predicted octanol–water partition coefficient (Wildman–Crippen LogP) is 0.799. The van der Waals surface area contributed by atoms with Crippen LogP contribution in [0.4, 0.5) is 0 Å². The molecular formula is C5CuFeN6O-. The second kappa shape index (κ2) is 309. The van der Waals surface area contributed by atoms with Gasteiger partial charge in [0.2, 0.25) is 0 Å². The van der Waals surface area contributed by atoms with E-state index in [4.69, 9.17) is 69.7 Å². The number of nitrogens with zero attached hydrogens (tertiary/aromatic N) is 6. The quantitative estimate of drug-likeness (QED) is 0.471. The molecular weight excluding hydrogens is 279 g/mol. The fourth-order valence-electron chi connectivity index (χ4n) is 0. The predicted molar refractivity (Wildman–Crippen MR) is 31.6 cm³/mol. The van der Waals surface area contributed by atoms with Gasteiger partial charge in [0.05, 0.1) is 0 Å². The van der Waals surface area contributed by atoms with Crippen LogP contribution in [0.25, 0.3) is 5.59 Å². The minimum absolute atomic E-state index is 0. The largest absolute Gasteiger partial charge is 3.00 e. The van der Waals surface area contributed by atoms with Crippen LogP contribution in [0.1, 0.15) is 0 Å². The van der Waals surface area contributed by atoms with Gasteiger partial charge in [-0.3, -0.25) is 0 Å². The molecule has 0 atom stereocenters. The van der Waals surface area contributed by atoms with E-state index >= 15 is 0 Å². The van der Waals surface area contributed by atoms with Crippen molar-refractivity contribution in [2.45, 2.75) is 0 Å². The molecule has 14 heavy (non-hydrogen) atoms. The second-order valence-corrected chi connectivity index (χ2v) is 0. The van der Waals surface area contributed by atoms with Crippen LogP contribution in [-0.4, -0.2) is 0 Å². The summed E-state index contributed by atoms with van der Waals surface area (Å²) in [4.78, 5) is 7.25. The smallest absolute Gasteiger partial charge is 0.577 e. The normalized spacial score (nSPS) is 1.00. The molecule has 0 aromatic heterocycles. The third kappa shape index (κ3) is 228. The van der Waals surface area contributed by atoms with E-state index in [2.05, 4.69) is 0 Å². The Morgan fingerprint density at radius 1 is 0.571 bits per heavy atom. The van der Waals surface area contributed by atoms with Gasteiger partial charge < -0.3 is 69.7 Å². The molecule has 0 saturated carbocycles. The van der Waals surface area contributed by atoms with Crippen LogP contribution in [-0.2, 0) is 34.1 Å². The molecule has 7 nitrogen and oxygen atoms in total. The van der Waals surface area contributed by atoms with E-state index in [1.165, 1.54) is 0 Å². The Hall–Kier alpha value is -1.91. The molecule has 0 aliphatic carbocycles. The molecule has 0 amide bonds. The van der Waals surface area contributed by atoms with E-state index in [0.29, 0.717) is 0 Å². The van der Waals surface area contributed by atoms with Gasteiger partial charge in [-0.2, -0.15) is 0 Å². The van der Waals surface area contributed by atoms with Crippen LogP contribution in [0.15, 0.2) is 0 Å². The maximum absolute atomic E-state index is 7.25. The molecule has 0 saturated heterocycles. The molecule has 0 bridgehead atoms. The Bertz CT molecular complexity index is 95.6. The zero-order valence-electron chi connectivity index (χ0n) is 6.25. The fraction of sp³-hybridized carbons (Fsp3) is 0. The summed E-state index contributed by atoms with van der Waals surface area (Å²) in [7, 11) is 0.